The summed E-state index contributed by atoms with van der Waals surface area (Å²) in [5.41, 5.74) is 1.05. The molecule has 2 aliphatic heterocycles. The standard InChI is InChI=1S/C18H23N3O4.ClH/c1-19-7-3-8-20-16(22)12-5-6-14-15(10-12)18(24)21(17(14)23)11-13-4-2-9-25-13;/h5-6,10,13,19H,2-4,7-9,11H2,1H3,(H,20,22);1H. The fraction of sp³-hybridized carbons (Fsp3) is 0.500. The van der Waals surface area contributed by atoms with Gasteiger partial charge in [-0.2, -0.15) is 0 Å². The minimum absolute atomic E-state index is 0. The van der Waals surface area contributed by atoms with Crippen LogP contribution in [0.5, 0.6) is 0 Å². The number of hydrogen-bond acceptors (Lipinski definition) is 5. The van der Waals surface area contributed by atoms with Crippen LogP contribution >= 0.6 is 12.4 Å². The lowest BCUT2D eigenvalue weighted by atomic mass is 10.1. The third-order valence-electron chi connectivity index (χ3n) is 4.53. The van der Waals surface area contributed by atoms with E-state index >= 15 is 0 Å². The Balaban J connectivity index is 0.00000243. The maximum absolute atomic E-state index is 12.6. The van der Waals surface area contributed by atoms with Gasteiger partial charge in [0.2, 0.25) is 0 Å². The quantitative estimate of drug-likeness (QED) is 0.547. The lowest BCUT2D eigenvalue weighted by Crippen LogP contribution is -2.36. The highest BCUT2D eigenvalue weighted by atomic mass is 35.5. The van der Waals surface area contributed by atoms with Gasteiger partial charge in [-0.3, -0.25) is 19.3 Å². The molecule has 8 heteroatoms. The third kappa shape index (κ3) is 4.23. The minimum atomic E-state index is -0.347. The van der Waals surface area contributed by atoms with Crippen molar-refractivity contribution in [2.45, 2.75) is 25.4 Å². The van der Waals surface area contributed by atoms with Gasteiger partial charge in [0, 0.05) is 18.7 Å². The fourth-order valence-corrected chi connectivity index (χ4v) is 3.16. The molecule has 142 valence electrons. The molecule has 1 atom stereocenters. The smallest absolute Gasteiger partial charge is 0.261 e. The van der Waals surface area contributed by atoms with Gasteiger partial charge in [-0.15, -0.1) is 12.4 Å². The summed E-state index contributed by atoms with van der Waals surface area (Å²) in [5.74, 6) is -0.895. The first-order valence-electron chi connectivity index (χ1n) is 8.66. The van der Waals surface area contributed by atoms with E-state index in [2.05, 4.69) is 10.6 Å². The van der Waals surface area contributed by atoms with Gasteiger partial charge in [-0.1, -0.05) is 0 Å². The topological polar surface area (TPSA) is 87.7 Å². The summed E-state index contributed by atoms with van der Waals surface area (Å²) in [5, 5.41) is 5.82. The predicted molar refractivity (Wildman–Crippen MR) is 98.9 cm³/mol. The molecule has 1 saturated heterocycles. The number of amides is 3. The van der Waals surface area contributed by atoms with Crippen molar-refractivity contribution in [2.75, 3.05) is 33.3 Å². The lowest BCUT2D eigenvalue weighted by molar-refractivity contribution is 0.0475. The van der Waals surface area contributed by atoms with Gasteiger partial charge in [-0.25, -0.2) is 0 Å². The van der Waals surface area contributed by atoms with Crippen LogP contribution in [0.15, 0.2) is 18.2 Å². The summed E-state index contributed by atoms with van der Waals surface area (Å²) < 4.78 is 5.52. The second-order valence-corrected chi connectivity index (χ2v) is 6.33. The van der Waals surface area contributed by atoms with Crippen molar-refractivity contribution >= 4 is 30.1 Å². The SMILES string of the molecule is CNCCCNC(=O)c1ccc2c(c1)C(=O)N(CC1CCCO1)C2=O.Cl. The normalized spacial score (nSPS) is 18.7. The molecule has 2 heterocycles. The van der Waals surface area contributed by atoms with Crippen LogP contribution in [-0.4, -0.2) is 62.0 Å². The highest BCUT2D eigenvalue weighted by molar-refractivity contribution is 6.22. The Morgan fingerprint density at radius 3 is 2.69 bits per heavy atom. The molecule has 2 aliphatic rings. The van der Waals surface area contributed by atoms with Crippen molar-refractivity contribution in [1.29, 1.82) is 0 Å². The number of rotatable bonds is 7. The van der Waals surface area contributed by atoms with Crippen molar-refractivity contribution in [3.8, 4) is 0 Å². The maximum Gasteiger partial charge on any atom is 0.261 e. The maximum atomic E-state index is 12.6. The van der Waals surface area contributed by atoms with E-state index in [4.69, 9.17) is 4.74 Å². The zero-order valence-corrected chi connectivity index (χ0v) is 15.6. The molecule has 2 N–H and O–H groups in total. The molecule has 0 bridgehead atoms. The van der Waals surface area contributed by atoms with E-state index in [1.54, 1.807) is 12.1 Å². The van der Waals surface area contributed by atoms with Gasteiger partial charge in [0.1, 0.15) is 0 Å². The van der Waals surface area contributed by atoms with Crippen molar-refractivity contribution in [3.63, 3.8) is 0 Å². The molecule has 0 aliphatic carbocycles. The molecular weight excluding hydrogens is 358 g/mol. The highest BCUT2D eigenvalue weighted by Gasteiger charge is 2.37. The molecule has 7 nitrogen and oxygen atoms in total. The molecule has 26 heavy (non-hydrogen) atoms. The first-order chi connectivity index (χ1) is 12.1. The zero-order chi connectivity index (χ0) is 17.8. The van der Waals surface area contributed by atoms with Crippen LogP contribution in [0.25, 0.3) is 0 Å². The summed E-state index contributed by atoms with van der Waals surface area (Å²) in [7, 11) is 1.85. The number of benzene rings is 1. The largest absolute Gasteiger partial charge is 0.376 e. The highest BCUT2D eigenvalue weighted by Crippen LogP contribution is 2.26. The number of fused-ring (bicyclic) bond motifs is 1. The van der Waals surface area contributed by atoms with E-state index in [0.29, 0.717) is 29.8 Å². The molecule has 1 aromatic carbocycles. The summed E-state index contributed by atoms with van der Waals surface area (Å²) in [4.78, 5) is 38.5. The van der Waals surface area contributed by atoms with Crippen molar-refractivity contribution in [2.24, 2.45) is 0 Å². The summed E-state index contributed by atoms with van der Waals surface area (Å²) in [6.07, 6.45) is 2.54. The minimum Gasteiger partial charge on any atom is -0.376 e. The molecule has 1 fully saturated rings. The van der Waals surface area contributed by atoms with Gasteiger partial charge in [0.25, 0.3) is 17.7 Å². The molecule has 0 aromatic heterocycles. The molecule has 1 aromatic rings. The van der Waals surface area contributed by atoms with Crippen molar-refractivity contribution < 1.29 is 19.1 Å². The van der Waals surface area contributed by atoms with Crippen LogP contribution in [0, 0.1) is 0 Å². The van der Waals surface area contributed by atoms with E-state index < -0.39 is 0 Å². The summed E-state index contributed by atoms with van der Waals surface area (Å²) >= 11 is 0. The fourth-order valence-electron chi connectivity index (χ4n) is 3.16. The third-order valence-corrected chi connectivity index (χ3v) is 4.53. The summed E-state index contributed by atoms with van der Waals surface area (Å²) in [6.45, 7) is 2.31. The van der Waals surface area contributed by atoms with E-state index in [1.807, 2.05) is 7.05 Å². The number of halogens is 1. The Morgan fingerprint density at radius 1 is 1.23 bits per heavy atom. The number of carbonyl (C=O) groups excluding carboxylic acids is 3. The number of nitrogens with zero attached hydrogens (tertiary/aromatic N) is 1. The number of nitrogens with one attached hydrogen (secondary N) is 2. The molecule has 3 amide bonds. The lowest BCUT2D eigenvalue weighted by Gasteiger charge is -2.17. The summed E-state index contributed by atoms with van der Waals surface area (Å²) in [6, 6.07) is 4.67. The Bertz CT molecular complexity index is 689. The first kappa shape index (κ1) is 20.4. The first-order valence-corrected chi connectivity index (χ1v) is 8.66. The second-order valence-electron chi connectivity index (χ2n) is 6.33. The average Bonchev–Trinajstić information content (AvgIpc) is 3.21. The van der Waals surface area contributed by atoms with Gasteiger partial charge >= 0.3 is 0 Å². The second kappa shape index (κ2) is 9.12. The average molecular weight is 382 g/mol. The van der Waals surface area contributed by atoms with Crippen LogP contribution in [0.3, 0.4) is 0 Å². The molecule has 0 spiro atoms. The Kier molecular flexibility index (Phi) is 7.14. The number of ether oxygens (including phenoxy) is 1. The van der Waals surface area contributed by atoms with Crippen molar-refractivity contribution in [3.05, 3.63) is 34.9 Å². The zero-order valence-electron chi connectivity index (χ0n) is 14.7. The Hall–Kier alpha value is -1.96. The van der Waals surface area contributed by atoms with E-state index in [-0.39, 0.29) is 42.8 Å². The predicted octanol–water partition coefficient (Wildman–Crippen LogP) is 1.22. The van der Waals surface area contributed by atoms with E-state index in [0.717, 1.165) is 25.8 Å². The number of hydrogen-bond donors (Lipinski definition) is 2. The van der Waals surface area contributed by atoms with Gasteiger partial charge in [-0.05, 0) is 51.1 Å². The van der Waals surface area contributed by atoms with Crippen LogP contribution in [0.4, 0.5) is 0 Å². The molecule has 0 radical (unpaired) electrons. The molecule has 3 rings (SSSR count). The van der Waals surface area contributed by atoms with E-state index in [9.17, 15) is 14.4 Å². The van der Waals surface area contributed by atoms with Crippen LogP contribution in [-0.2, 0) is 4.74 Å². The van der Waals surface area contributed by atoms with Gasteiger partial charge < -0.3 is 15.4 Å². The Morgan fingerprint density at radius 2 is 2.00 bits per heavy atom. The monoisotopic (exact) mass is 381 g/mol. The van der Waals surface area contributed by atoms with Crippen LogP contribution in [0.2, 0.25) is 0 Å². The molecule has 0 saturated carbocycles. The molecular formula is C18H24ClN3O4. The van der Waals surface area contributed by atoms with Crippen LogP contribution in [0.1, 0.15) is 50.3 Å². The van der Waals surface area contributed by atoms with Crippen molar-refractivity contribution in [1.82, 2.24) is 15.5 Å². The Labute approximate surface area is 158 Å². The van der Waals surface area contributed by atoms with Gasteiger partial charge in [0.15, 0.2) is 0 Å². The number of carbonyl (C=O) groups is 3. The number of imide groups is 1. The van der Waals surface area contributed by atoms with E-state index in [1.165, 1.54) is 11.0 Å². The van der Waals surface area contributed by atoms with Crippen LogP contribution < -0.4 is 10.6 Å². The van der Waals surface area contributed by atoms with Gasteiger partial charge in [0.05, 0.1) is 23.8 Å². The molecule has 1 unspecified atom stereocenters.